The van der Waals surface area contributed by atoms with Gasteiger partial charge in [-0.3, -0.25) is 10.1 Å². The minimum Gasteiger partial charge on any atom is -0.368 e. The van der Waals surface area contributed by atoms with Crippen molar-refractivity contribution in [1.82, 2.24) is 15.5 Å². The van der Waals surface area contributed by atoms with Crippen molar-refractivity contribution < 1.29 is 9.32 Å². The fourth-order valence-electron chi connectivity index (χ4n) is 0.931. The van der Waals surface area contributed by atoms with Crippen LogP contribution in [0.25, 0.3) is 0 Å². The van der Waals surface area contributed by atoms with Gasteiger partial charge in [-0.2, -0.15) is 4.98 Å². The molecule has 0 spiro atoms. The monoisotopic (exact) mass is 184 g/mol. The Morgan fingerprint density at radius 3 is 3.08 bits per heavy atom. The highest BCUT2D eigenvalue weighted by atomic mass is 16.5. The van der Waals surface area contributed by atoms with E-state index in [1.165, 1.54) is 6.39 Å². The number of nitrogens with one attached hydrogen (secondary N) is 1. The first-order chi connectivity index (χ1) is 6.24. The van der Waals surface area contributed by atoms with Gasteiger partial charge in [-0.1, -0.05) is 12.1 Å². The summed E-state index contributed by atoms with van der Waals surface area (Å²) in [5.41, 5.74) is 5.12. The molecule has 0 bridgehead atoms. The second-order valence-electron chi connectivity index (χ2n) is 2.59. The van der Waals surface area contributed by atoms with E-state index in [0.717, 1.165) is 0 Å². The topological polar surface area (TPSA) is 94.0 Å². The number of rotatable bonds is 5. The predicted octanol–water partition coefficient (Wildman–Crippen LogP) is -0.577. The Labute approximate surface area is 75.5 Å². The van der Waals surface area contributed by atoms with Crippen LogP contribution >= 0.6 is 0 Å². The van der Waals surface area contributed by atoms with Crippen LogP contribution in [0.2, 0.25) is 0 Å². The molecule has 0 aliphatic rings. The van der Waals surface area contributed by atoms with Gasteiger partial charge in [0.05, 0.1) is 12.6 Å². The first-order valence-corrected chi connectivity index (χ1v) is 4.02. The summed E-state index contributed by atoms with van der Waals surface area (Å²) in [4.78, 5) is 14.6. The average Bonchev–Trinajstić information content (AvgIpc) is 2.57. The van der Waals surface area contributed by atoms with E-state index in [9.17, 15) is 4.79 Å². The van der Waals surface area contributed by atoms with Crippen LogP contribution in [-0.4, -0.2) is 22.1 Å². The third-order valence-corrected chi connectivity index (χ3v) is 1.67. The van der Waals surface area contributed by atoms with Crippen molar-refractivity contribution in [3.8, 4) is 0 Å². The van der Waals surface area contributed by atoms with Gasteiger partial charge in [-0.15, -0.1) is 0 Å². The molecule has 6 heteroatoms. The molecule has 1 aromatic heterocycles. The summed E-state index contributed by atoms with van der Waals surface area (Å²) in [6, 6.07) is -0.335. The molecule has 3 N–H and O–H groups in total. The van der Waals surface area contributed by atoms with Crippen molar-refractivity contribution >= 4 is 5.91 Å². The highest BCUT2D eigenvalue weighted by Gasteiger charge is 2.12. The molecule has 72 valence electrons. The predicted molar refractivity (Wildman–Crippen MR) is 44.4 cm³/mol. The van der Waals surface area contributed by atoms with Crippen LogP contribution in [0.4, 0.5) is 0 Å². The Kier molecular flexibility index (Phi) is 3.39. The summed E-state index contributed by atoms with van der Waals surface area (Å²) in [5, 5.41) is 6.49. The zero-order chi connectivity index (χ0) is 9.68. The normalized spacial score (nSPS) is 12.7. The Bertz CT molecular complexity index is 259. The highest BCUT2D eigenvalue weighted by molar-refractivity contribution is 5.79. The van der Waals surface area contributed by atoms with Gasteiger partial charge >= 0.3 is 0 Å². The Hall–Kier alpha value is -1.43. The molecule has 0 aliphatic carbocycles. The van der Waals surface area contributed by atoms with Crippen LogP contribution in [-0.2, 0) is 11.3 Å². The maximum absolute atomic E-state index is 10.8. The van der Waals surface area contributed by atoms with Crippen molar-refractivity contribution in [3.05, 3.63) is 12.2 Å². The Morgan fingerprint density at radius 2 is 2.62 bits per heavy atom. The van der Waals surface area contributed by atoms with Crippen LogP contribution in [0.1, 0.15) is 19.2 Å². The van der Waals surface area contributed by atoms with Crippen molar-refractivity contribution in [1.29, 1.82) is 0 Å². The molecule has 0 saturated heterocycles. The first-order valence-electron chi connectivity index (χ1n) is 4.02. The standard InChI is InChI=1S/C7H12N4O2/c1-2-5(7(8)12)9-3-6-10-4-13-11-6/h4-5,9H,2-3H2,1H3,(H2,8,12). The van der Waals surface area contributed by atoms with E-state index in [1.807, 2.05) is 6.92 Å². The van der Waals surface area contributed by atoms with Crippen LogP contribution in [0.5, 0.6) is 0 Å². The van der Waals surface area contributed by atoms with Crippen LogP contribution in [0.3, 0.4) is 0 Å². The van der Waals surface area contributed by atoms with Crippen molar-refractivity contribution in [2.45, 2.75) is 25.9 Å². The highest BCUT2D eigenvalue weighted by Crippen LogP contribution is 1.93. The lowest BCUT2D eigenvalue weighted by Gasteiger charge is -2.10. The third-order valence-electron chi connectivity index (χ3n) is 1.67. The molecule has 1 unspecified atom stereocenters. The molecule has 1 heterocycles. The van der Waals surface area contributed by atoms with Gasteiger partial charge < -0.3 is 10.3 Å². The van der Waals surface area contributed by atoms with Crippen LogP contribution in [0.15, 0.2) is 10.9 Å². The number of primary amides is 1. The van der Waals surface area contributed by atoms with Gasteiger partial charge in [0.1, 0.15) is 0 Å². The average molecular weight is 184 g/mol. The molecule has 0 aromatic carbocycles. The number of aromatic nitrogens is 2. The summed E-state index contributed by atoms with van der Waals surface area (Å²) < 4.78 is 4.52. The van der Waals surface area contributed by atoms with Crippen LogP contribution in [0, 0.1) is 0 Å². The summed E-state index contributed by atoms with van der Waals surface area (Å²) in [7, 11) is 0. The molecule has 1 rings (SSSR count). The van der Waals surface area contributed by atoms with Crippen molar-refractivity contribution in [3.63, 3.8) is 0 Å². The van der Waals surface area contributed by atoms with E-state index in [2.05, 4.69) is 20.0 Å². The first kappa shape index (κ1) is 9.66. The molecular formula is C7H12N4O2. The van der Waals surface area contributed by atoms with Crippen molar-refractivity contribution in [2.75, 3.05) is 0 Å². The summed E-state index contributed by atoms with van der Waals surface area (Å²) >= 11 is 0. The molecule has 1 aromatic rings. The molecule has 0 aliphatic heterocycles. The Morgan fingerprint density at radius 1 is 1.85 bits per heavy atom. The van der Waals surface area contributed by atoms with Gasteiger partial charge in [-0.05, 0) is 6.42 Å². The SMILES string of the molecule is CCC(NCc1ncon1)C(N)=O. The van der Waals surface area contributed by atoms with E-state index >= 15 is 0 Å². The van der Waals surface area contributed by atoms with Gasteiger partial charge in [0.15, 0.2) is 5.82 Å². The molecule has 0 fully saturated rings. The van der Waals surface area contributed by atoms with E-state index in [0.29, 0.717) is 18.8 Å². The number of hydrogen-bond donors (Lipinski definition) is 2. The minimum atomic E-state index is -0.369. The number of carbonyl (C=O) groups excluding carboxylic acids is 1. The maximum atomic E-state index is 10.8. The van der Waals surface area contributed by atoms with Gasteiger partial charge in [0.25, 0.3) is 0 Å². The summed E-state index contributed by atoms with van der Waals surface area (Å²) in [5.74, 6) is 0.144. The smallest absolute Gasteiger partial charge is 0.234 e. The Balaban J connectivity index is 2.36. The fraction of sp³-hybridized carbons (Fsp3) is 0.571. The van der Waals surface area contributed by atoms with Gasteiger partial charge in [-0.25, -0.2) is 0 Å². The van der Waals surface area contributed by atoms with E-state index in [4.69, 9.17) is 5.73 Å². The van der Waals surface area contributed by atoms with Gasteiger partial charge in [0, 0.05) is 0 Å². The second-order valence-corrected chi connectivity index (χ2v) is 2.59. The van der Waals surface area contributed by atoms with Gasteiger partial charge in [0.2, 0.25) is 12.3 Å². The number of nitrogens with zero attached hydrogens (tertiary/aromatic N) is 2. The number of carbonyl (C=O) groups is 1. The lowest BCUT2D eigenvalue weighted by molar-refractivity contribution is -0.120. The third kappa shape index (κ3) is 2.83. The van der Waals surface area contributed by atoms with Crippen LogP contribution < -0.4 is 11.1 Å². The quantitative estimate of drug-likeness (QED) is 0.638. The zero-order valence-electron chi connectivity index (χ0n) is 7.36. The minimum absolute atomic E-state index is 0.335. The van der Waals surface area contributed by atoms with E-state index in [-0.39, 0.29) is 11.9 Å². The number of nitrogens with two attached hydrogens (primary N) is 1. The lowest BCUT2D eigenvalue weighted by Crippen LogP contribution is -2.40. The molecule has 1 amide bonds. The number of hydrogen-bond acceptors (Lipinski definition) is 5. The maximum Gasteiger partial charge on any atom is 0.234 e. The second kappa shape index (κ2) is 4.56. The number of amides is 1. The largest absolute Gasteiger partial charge is 0.368 e. The van der Waals surface area contributed by atoms with E-state index in [1.54, 1.807) is 0 Å². The summed E-state index contributed by atoms with van der Waals surface area (Å²) in [6.45, 7) is 2.26. The lowest BCUT2D eigenvalue weighted by atomic mass is 10.2. The molecular weight excluding hydrogens is 172 g/mol. The molecule has 0 radical (unpaired) electrons. The van der Waals surface area contributed by atoms with E-state index < -0.39 is 0 Å². The molecule has 6 nitrogen and oxygen atoms in total. The van der Waals surface area contributed by atoms with Crippen molar-refractivity contribution in [2.24, 2.45) is 5.73 Å². The molecule has 1 atom stereocenters. The fourth-order valence-corrected chi connectivity index (χ4v) is 0.931. The zero-order valence-corrected chi connectivity index (χ0v) is 7.36. The summed E-state index contributed by atoms with van der Waals surface area (Å²) in [6.07, 6.45) is 1.88. The molecule has 0 saturated carbocycles. The molecule has 13 heavy (non-hydrogen) atoms.